The maximum Gasteiger partial charge on any atom is 0.264 e. The number of carbonyl (C=O) groups is 2. The summed E-state index contributed by atoms with van der Waals surface area (Å²) in [5.41, 5.74) is 8.57. The molecule has 1 aromatic heterocycles. The van der Waals surface area contributed by atoms with Crippen LogP contribution in [0, 0.1) is 24.7 Å². The fourth-order valence-corrected chi connectivity index (χ4v) is 6.97. The van der Waals surface area contributed by atoms with E-state index in [0.717, 1.165) is 38.9 Å². The lowest BCUT2D eigenvalue weighted by Gasteiger charge is -2.43. The van der Waals surface area contributed by atoms with E-state index < -0.39 is 6.04 Å². The van der Waals surface area contributed by atoms with Gasteiger partial charge in [0, 0.05) is 32.2 Å². The fraction of sp³-hybridized carbons (Fsp3) is 0.613. The van der Waals surface area contributed by atoms with Crippen molar-refractivity contribution in [2.45, 2.75) is 77.9 Å². The van der Waals surface area contributed by atoms with E-state index in [2.05, 4.69) is 55.3 Å². The number of benzene rings is 1. The average molecular weight is 539 g/mol. The number of rotatable bonds is 10. The summed E-state index contributed by atoms with van der Waals surface area (Å²) in [5.74, 6) is 1.52. The molecule has 0 spiro atoms. The Kier molecular flexibility index (Phi) is 10.4. The number of hydrogen-bond acceptors (Lipinski definition) is 5. The Morgan fingerprint density at radius 2 is 1.89 bits per heavy atom. The Bertz CT molecular complexity index is 1040. The summed E-state index contributed by atoms with van der Waals surface area (Å²) in [7, 11) is 0. The summed E-state index contributed by atoms with van der Waals surface area (Å²) in [5, 5.41) is 5.20. The Morgan fingerprint density at radius 1 is 1.11 bits per heavy atom. The van der Waals surface area contributed by atoms with Crippen LogP contribution in [-0.4, -0.2) is 59.9 Å². The molecule has 208 valence electrons. The summed E-state index contributed by atoms with van der Waals surface area (Å²) in [6, 6.07) is 12.1. The zero-order valence-electron chi connectivity index (χ0n) is 23.4. The lowest BCUT2D eigenvalue weighted by molar-refractivity contribution is -0.128. The molecule has 4 atom stereocenters. The van der Waals surface area contributed by atoms with Crippen molar-refractivity contribution in [2.24, 2.45) is 23.5 Å². The Hall–Kier alpha value is -2.22. The Morgan fingerprint density at radius 3 is 2.61 bits per heavy atom. The number of likely N-dealkylation sites (tertiary alicyclic amines) is 1. The number of piperidine rings is 1. The van der Waals surface area contributed by atoms with Crippen molar-refractivity contribution in [2.75, 3.05) is 26.2 Å². The van der Waals surface area contributed by atoms with Crippen LogP contribution >= 0.6 is 11.3 Å². The molecule has 2 aliphatic rings. The van der Waals surface area contributed by atoms with E-state index in [4.69, 9.17) is 5.73 Å². The van der Waals surface area contributed by atoms with Crippen LogP contribution in [0.1, 0.15) is 73.2 Å². The van der Waals surface area contributed by atoms with E-state index in [-0.39, 0.29) is 17.9 Å². The minimum Gasteiger partial charge on any atom is -0.354 e. The van der Waals surface area contributed by atoms with E-state index >= 15 is 0 Å². The number of thiophene rings is 1. The first-order valence-corrected chi connectivity index (χ1v) is 15.3. The second-order valence-corrected chi connectivity index (χ2v) is 12.7. The third-order valence-corrected chi connectivity index (χ3v) is 9.27. The van der Waals surface area contributed by atoms with E-state index in [1.54, 1.807) is 0 Å². The van der Waals surface area contributed by atoms with Crippen LogP contribution in [0.15, 0.2) is 41.8 Å². The third kappa shape index (κ3) is 7.45. The quantitative estimate of drug-likeness (QED) is 0.443. The fourth-order valence-electron chi connectivity index (χ4n) is 6.29. The van der Waals surface area contributed by atoms with E-state index in [0.29, 0.717) is 42.1 Å². The Balaban J connectivity index is 1.50. The van der Waals surface area contributed by atoms with Crippen LogP contribution < -0.4 is 11.1 Å². The highest BCUT2D eigenvalue weighted by molar-refractivity contribution is 7.12. The van der Waals surface area contributed by atoms with Gasteiger partial charge in [-0.15, -0.1) is 11.3 Å². The number of nitrogens with zero attached hydrogens (tertiary/aromatic N) is 2. The van der Waals surface area contributed by atoms with Crippen LogP contribution in [0.5, 0.6) is 0 Å². The summed E-state index contributed by atoms with van der Waals surface area (Å²) in [6.45, 7) is 10.5. The predicted octanol–water partition coefficient (Wildman–Crippen LogP) is 5.07. The zero-order chi connectivity index (χ0) is 27.1. The molecule has 1 aliphatic carbocycles. The van der Waals surface area contributed by atoms with Crippen molar-refractivity contribution in [3.8, 4) is 0 Å². The number of nitrogens with one attached hydrogen (secondary N) is 1. The first-order valence-electron chi connectivity index (χ1n) is 14.5. The lowest BCUT2D eigenvalue weighted by atomic mass is 9.81. The second-order valence-electron chi connectivity index (χ2n) is 11.8. The molecule has 2 aromatic rings. The van der Waals surface area contributed by atoms with E-state index in [9.17, 15) is 9.59 Å². The first kappa shape index (κ1) is 28.8. The number of carbonyl (C=O) groups excluding carboxylic acids is 2. The van der Waals surface area contributed by atoms with Gasteiger partial charge in [-0.1, -0.05) is 50.6 Å². The molecule has 0 radical (unpaired) electrons. The molecular formula is C31H46N4O2S. The SMILES string of the molecule is Cc1ccccc1CN(CC(C)C)C1CCN(C(=O)c2cccs2)[C@@H](C(=O)NCC2CCCC(CN)C2)C1. The van der Waals surface area contributed by atoms with Gasteiger partial charge in [0.25, 0.3) is 5.91 Å². The standard InChI is InChI=1S/C31H46N4O2S/c1-22(2)20-34(21-26-11-5-4-8-23(26)3)27-13-14-35(31(37)29-12-7-15-38-29)28(17-27)30(36)33-19-25-10-6-9-24(16-25)18-32/h4-5,7-8,11-12,15,22,24-25,27-28H,6,9-10,13-14,16-21,32H2,1-3H3,(H,33,36)/t24?,25?,27?,28-/m1/s1. The molecule has 6 nitrogen and oxygen atoms in total. The summed E-state index contributed by atoms with van der Waals surface area (Å²) in [6.07, 6.45) is 6.14. The van der Waals surface area contributed by atoms with Crippen molar-refractivity contribution in [3.05, 3.63) is 57.8 Å². The highest BCUT2D eigenvalue weighted by Gasteiger charge is 2.39. The molecule has 3 unspecified atom stereocenters. The predicted molar refractivity (Wildman–Crippen MR) is 156 cm³/mol. The lowest BCUT2D eigenvalue weighted by Crippen LogP contribution is -2.57. The smallest absolute Gasteiger partial charge is 0.264 e. The molecule has 1 saturated heterocycles. The number of aryl methyl sites for hydroxylation is 1. The Labute approximate surface area is 233 Å². The molecule has 3 N–H and O–H groups in total. The maximum atomic E-state index is 13.7. The van der Waals surface area contributed by atoms with Crippen LogP contribution in [0.3, 0.4) is 0 Å². The maximum absolute atomic E-state index is 13.7. The van der Waals surface area contributed by atoms with Gasteiger partial charge in [-0.05, 0) is 85.9 Å². The molecular weight excluding hydrogens is 492 g/mol. The molecule has 0 bridgehead atoms. The topological polar surface area (TPSA) is 78.7 Å². The molecule has 1 aromatic carbocycles. The van der Waals surface area contributed by atoms with Crippen LogP contribution in [0.25, 0.3) is 0 Å². The van der Waals surface area contributed by atoms with Gasteiger partial charge in [-0.2, -0.15) is 0 Å². The van der Waals surface area contributed by atoms with Gasteiger partial charge in [-0.3, -0.25) is 14.5 Å². The van der Waals surface area contributed by atoms with Crippen LogP contribution in [-0.2, 0) is 11.3 Å². The van der Waals surface area contributed by atoms with E-state index in [1.807, 2.05) is 22.4 Å². The van der Waals surface area contributed by atoms with Gasteiger partial charge in [0.05, 0.1) is 4.88 Å². The van der Waals surface area contributed by atoms with Crippen LogP contribution in [0.4, 0.5) is 0 Å². The zero-order valence-corrected chi connectivity index (χ0v) is 24.2. The molecule has 7 heteroatoms. The monoisotopic (exact) mass is 538 g/mol. The van der Waals surface area contributed by atoms with Gasteiger partial charge >= 0.3 is 0 Å². The number of hydrogen-bond donors (Lipinski definition) is 2. The van der Waals surface area contributed by atoms with E-state index in [1.165, 1.54) is 35.3 Å². The molecule has 2 amide bonds. The summed E-state index contributed by atoms with van der Waals surface area (Å²) >= 11 is 1.45. The van der Waals surface area contributed by atoms with Crippen molar-refractivity contribution in [3.63, 3.8) is 0 Å². The van der Waals surface area contributed by atoms with Gasteiger partial charge < -0.3 is 16.0 Å². The second kappa shape index (κ2) is 13.7. The van der Waals surface area contributed by atoms with Crippen molar-refractivity contribution < 1.29 is 9.59 Å². The van der Waals surface area contributed by atoms with Crippen molar-refractivity contribution >= 4 is 23.2 Å². The molecule has 4 rings (SSSR count). The average Bonchev–Trinajstić information content (AvgIpc) is 3.47. The number of nitrogens with two attached hydrogens (primary N) is 1. The molecule has 2 fully saturated rings. The van der Waals surface area contributed by atoms with Crippen molar-refractivity contribution in [1.82, 2.24) is 15.1 Å². The molecule has 38 heavy (non-hydrogen) atoms. The highest BCUT2D eigenvalue weighted by Crippen LogP contribution is 2.30. The van der Waals surface area contributed by atoms with Gasteiger partial charge in [0.15, 0.2) is 0 Å². The third-order valence-electron chi connectivity index (χ3n) is 8.41. The first-order chi connectivity index (χ1) is 18.4. The normalized spacial score (nSPS) is 24.1. The largest absolute Gasteiger partial charge is 0.354 e. The highest BCUT2D eigenvalue weighted by atomic mass is 32.1. The molecule has 2 heterocycles. The summed E-state index contributed by atoms with van der Waals surface area (Å²) < 4.78 is 0. The minimum absolute atomic E-state index is 0.00475. The number of amides is 2. The van der Waals surface area contributed by atoms with Crippen LogP contribution in [0.2, 0.25) is 0 Å². The minimum atomic E-state index is -0.455. The van der Waals surface area contributed by atoms with Crippen molar-refractivity contribution in [1.29, 1.82) is 0 Å². The molecule has 1 aliphatic heterocycles. The molecule has 1 saturated carbocycles. The summed E-state index contributed by atoms with van der Waals surface area (Å²) in [4.78, 5) is 32.3. The van der Waals surface area contributed by atoms with Gasteiger partial charge in [-0.25, -0.2) is 0 Å². The van der Waals surface area contributed by atoms with Gasteiger partial charge in [0.2, 0.25) is 5.91 Å². The van der Waals surface area contributed by atoms with Gasteiger partial charge in [0.1, 0.15) is 6.04 Å².